The van der Waals surface area contributed by atoms with Crippen LogP contribution in [0.5, 0.6) is 0 Å². The SMILES string of the molecule is C[C@@H]1CN(c2ccncc2N=C=S)C[C@H](C)C1OCCS(C)(=O)=O. The van der Waals surface area contributed by atoms with Gasteiger partial charge < -0.3 is 9.64 Å². The predicted octanol–water partition coefficient (Wildman–Crippen LogP) is 2.34. The van der Waals surface area contributed by atoms with Gasteiger partial charge in [0, 0.05) is 37.4 Å². The summed E-state index contributed by atoms with van der Waals surface area (Å²) in [5, 5.41) is 2.40. The number of pyridine rings is 1. The molecule has 1 unspecified atom stereocenters. The fourth-order valence-electron chi connectivity index (χ4n) is 3.18. The van der Waals surface area contributed by atoms with E-state index in [1.807, 2.05) is 6.07 Å². The van der Waals surface area contributed by atoms with Crippen molar-refractivity contribution in [3.63, 3.8) is 0 Å². The number of piperidine rings is 1. The summed E-state index contributed by atoms with van der Waals surface area (Å²) in [4.78, 5) is 10.4. The van der Waals surface area contributed by atoms with E-state index in [0.29, 0.717) is 5.69 Å². The van der Waals surface area contributed by atoms with Gasteiger partial charge in [0.1, 0.15) is 15.5 Å². The van der Waals surface area contributed by atoms with Gasteiger partial charge in [0.25, 0.3) is 0 Å². The number of hydrogen-bond donors (Lipinski definition) is 0. The first-order chi connectivity index (χ1) is 11.3. The minimum Gasteiger partial charge on any atom is -0.376 e. The molecule has 24 heavy (non-hydrogen) atoms. The summed E-state index contributed by atoms with van der Waals surface area (Å²) in [7, 11) is -3.00. The molecule has 0 N–H and O–H groups in total. The van der Waals surface area contributed by atoms with E-state index in [0.717, 1.165) is 18.8 Å². The first-order valence-corrected chi connectivity index (χ1v) is 10.3. The molecule has 0 radical (unpaired) electrons. The molecule has 1 aliphatic rings. The second-order valence-corrected chi connectivity index (χ2v) is 8.83. The van der Waals surface area contributed by atoms with Crippen molar-refractivity contribution >= 4 is 38.6 Å². The van der Waals surface area contributed by atoms with Crippen molar-refractivity contribution in [3.05, 3.63) is 18.5 Å². The average molecular weight is 370 g/mol. The van der Waals surface area contributed by atoms with Gasteiger partial charge in [-0.15, -0.1) is 0 Å². The second kappa shape index (κ2) is 8.16. The van der Waals surface area contributed by atoms with Gasteiger partial charge in [-0.3, -0.25) is 4.98 Å². The minimum absolute atomic E-state index is 0.0438. The third-order valence-electron chi connectivity index (χ3n) is 4.19. The van der Waals surface area contributed by atoms with Crippen LogP contribution in [0, 0.1) is 11.8 Å². The van der Waals surface area contributed by atoms with Crippen LogP contribution in [0.3, 0.4) is 0 Å². The second-order valence-electron chi connectivity index (χ2n) is 6.39. The molecule has 3 atom stereocenters. The Morgan fingerprint density at radius 1 is 1.42 bits per heavy atom. The van der Waals surface area contributed by atoms with E-state index >= 15 is 0 Å². The molecule has 1 aromatic heterocycles. The number of rotatable bonds is 6. The molecule has 132 valence electrons. The zero-order valence-electron chi connectivity index (χ0n) is 14.2. The summed E-state index contributed by atoms with van der Waals surface area (Å²) in [5.74, 6) is 0.599. The largest absolute Gasteiger partial charge is 0.376 e. The van der Waals surface area contributed by atoms with E-state index in [1.54, 1.807) is 12.4 Å². The van der Waals surface area contributed by atoms with Gasteiger partial charge in [0.05, 0.1) is 35.5 Å². The number of hydrogen-bond acceptors (Lipinski definition) is 7. The Morgan fingerprint density at radius 2 is 2.08 bits per heavy atom. The van der Waals surface area contributed by atoms with Crippen LogP contribution in [0.15, 0.2) is 23.5 Å². The lowest BCUT2D eigenvalue weighted by Gasteiger charge is -2.42. The Kier molecular flexibility index (Phi) is 6.46. The van der Waals surface area contributed by atoms with Crippen molar-refractivity contribution in [2.24, 2.45) is 16.8 Å². The van der Waals surface area contributed by atoms with Gasteiger partial charge in [-0.25, -0.2) is 8.42 Å². The molecule has 0 aliphatic carbocycles. The van der Waals surface area contributed by atoms with Crippen LogP contribution in [0.2, 0.25) is 0 Å². The summed E-state index contributed by atoms with van der Waals surface area (Å²) < 4.78 is 28.4. The molecule has 1 aliphatic heterocycles. The van der Waals surface area contributed by atoms with Gasteiger partial charge in [-0.05, 0) is 18.3 Å². The molecule has 0 bridgehead atoms. The Hall–Kier alpha value is -1.34. The monoisotopic (exact) mass is 369 g/mol. The summed E-state index contributed by atoms with van der Waals surface area (Å²) in [5.41, 5.74) is 1.69. The third-order valence-corrected chi connectivity index (χ3v) is 5.19. The lowest BCUT2D eigenvalue weighted by molar-refractivity contribution is -0.0174. The molecule has 0 amide bonds. The number of aromatic nitrogens is 1. The molecule has 0 saturated carbocycles. The molecule has 2 heterocycles. The molecule has 8 heteroatoms. The van der Waals surface area contributed by atoms with Crippen molar-refractivity contribution in [2.75, 3.05) is 36.6 Å². The number of anilines is 1. The van der Waals surface area contributed by atoms with Crippen LogP contribution in [0.25, 0.3) is 0 Å². The highest BCUT2D eigenvalue weighted by Gasteiger charge is 2.33. The summed E-state index contributed by atoms with van der Waals surface area (Å²) in [6.45, 7) is 6.10. The summed E-state index contributed by atoms with van der Waals surface area (Å²) >= 11 is 4.71. The molecule has 2 rings (SSSR count). The van der Waals surface area contributed by atoms with Gasteiger partial charge >= 0.3 is 0 Å². The van der Waals surface area contributed by atoms with E-state index in [9.17, 15) is 8.42 Å². The van der Waals surface area contributed by atoms with Crippen LogP contribution >= 0.6 is 12.2 Å². The number of thiocarbonyl (C=S) groups is 1. The number of isothiocyanates is 1. The van der Waals surface area contributed by atoms with E-state index < -0.39 is 9.84 Å². The molecule has 6 nitrogen and oxygen atoms in total. The fraction of sp³-hybridized carbons (Fsp3) is 0.625. The average Bonchev–Trinajstić information content (AvgIpc) is 2.49. The van der Waals surface area contributed by atoms with Gasteiger partial charge in [-0.1, -0.05) is 13.8 Å². The molecule has 1 fully saturated rings. The highest BCUT2D eigenvalue weighted by Crippen LogP contribution is 2.33. The zero-order chi connectivity index (χ0) is 17.7. The lowest BCUT2D eigenvalue weighted by Crippen LogP contribution is -2.49. The Labute approximate surface area is 148 Å². The maximum Gasteiger partial charge on any atom is 0.149 e. The predicted molar refractivity (Wildman–Crippen MR) is 98.9 cm³/mol. The van der Waals surface area contributed by atoms with Crippen LogP contribution in [0.4, 0.5) is 11.4 Å². The van der Waals surface area contributed by atoms with Crippen molar-refractivity contribution < 1.29 is 13.2 Å². The van der Waals surface area contributed by atoms with Crippen molar-refractivity contribution in [3.8, 4) is 0 Å². The third kappa shape index (κ3) is 5.08. The van der Waals surface area contributed by atoms with E-state index in [4.69, 9.17) is 17.0 Å². The minimum atomic E-state index is -3.00. The first kappa shape index (κ1) is 19.0. The normalized spacial score (nSPS) is 24.5. The highest BCUT2D eigenvalue weighted by atomic mass is 32.2. The quantitative estimate of drug-likeness (QED) is 0.566. The lowest BCUT2D eigenvalue weighted by atomic mass is 9.87. The molecule has 0 aromatic carbocycles. The fourth-order valence-corrected chi connectivity index (χ4v) is 3.68. The number of aliphatic imine (C=N–C) groups is 1. The van der Waals surface area contributed by atoms with Gasteiger partial charge in [0.2, 0.25) is 0 Å². The molecule has 0 spiro atoms. The van der Waals surface area contributed by atoms with E-state index in [1.165, 1.54) is 6.26 Å². The molecule has 1 aromatic rings. The maximum absolute atomic E-state index is 11.3. The highest BCUT2D eigenvalue weighted by molar-refractivity contribution is 7.90. The molecular formula is C16H23N3O3S2. The van der Waals surface area contributed by atoms with Crippen LogP contribution < -0.4 is 4.90 Å². The Morgan fingerprint density at radius 3 is 2.67 bits per heavy atom. The van der Waals surface area contributed by atoms with E-state index in [2.05, 4.69) is 33.9 Å². The Bertz CT molecular complexity index is 705. The topological polar surface area (TPSA) is 71.9 Å². The van der Waals surface area contributed by atoms with Gasteiger partial charge in [-0.2, -0.15) is 4.99 Å². The van der Waals surface area contributed by atoms with Crippen molar-refractivity contribution in [2.45, 2.75) is 20.0 Å². The number of nitrogens with zero attached hydrogens (tertiary/aromatic N) is 3. The first-order valence-electron chi connectivity index (χ1n) is 7.88. The zero-order valence-corrected chi connectivity index (χ0v) is 15.8. The van der Waals surface area contributed by atoms with E-state index in [-0.39, 0.29) is 30.3 Å². The summed E-state index contributed by atoms with van der Waals surface area (Å²) in [6, 6.07) is 1.93. The molecular weight excluding hydrogens is 346 g/mol. The van der Waals surface area contributed by atoms with Gasteiger partial charge in [0.15, 0.2) is 0 Å². The maximum atomic E-state index is 11.3. The number of sulfone groups is 1. The summed E-state index contributed by atoms with van der Waals surface area (Å²) in [6.07, 6.45) is 4.69. The van der Waals surface area contributed by atoms with Crippen LogP contribution in [-0.4, -0.2) is 56.4 Å². The smallest absolute Gasteiger partial charge is 0.149 e. The van der Waals surface area contributed by atoms with Crippen molar-refractivity contribution in [1.29, 1.82) is 0 Å². The molecule has 1 saturated heterocycles. The standard InChI is InChI=1S/C16H23N3O3S2/c1-12-9-19(15-4-5-17-8-14(15)18-11-23)10-13(2)16(12)22-6-7-24(3,20)21/h4-5,8,12-13,16H,6-7,9-10H2,1-3H3/t12-,13+,16?. The van der Waals surface area contributed by atoms with Crippen LogP contribution in [-0.2, 0) is 14.6 Å². The number of ether oxygens (including phenoxy) is 1. The van der Waals surface area contributed by atoms with Crippen molar-refractivity contribution in [1.82, 2.24) is 4.98 Å². The Balaban J connectivity index is 2.06. The van der Waals surface area contributed by atoms with Crippen LogP contribution in [0.1, 0.15) is 13.8 Å².